The van der Waals surface area contributed by atoms with E-state index in [1.165, 1.54) is 0 Å². The van der Waals surface area contributed by atoms with Crippen LogP contribution in [-0.4, -0.2) is 8.42 Å². The minimum atomic E-state index is -3.27. The van der Waals surface area contributed by atoms with Gasteiger partial charge >= 0.3 is 0 Å². The van der Waals surface area contributed by atoms with Crippen LogP contribution in [0.15, 0.2) is 48.5 Å². The molecular weight excluding hydrogens is 306 g/mol. The predicted octanol–water partition coefficient (Wildman–Crippen LogP) is 3.41. The summed E-state index contributed by atoms with van der Waals surface area (Å²) in [6.45, 7) is 0. The first-order valence-electron chi connectivity index (χ1n) is 6.35. The number of rotatable bonds is 5. The van der Waals surface area contributed by atoms with Gasteiger partial charge in [-0.1, -0.05) is 36.4 Å². The maximum Gasteiger partial charge on any atom is 0.158 e. The quantitative estimate of drug-likeness (QED) is 0.793. The van der Waals surface area contributed by atoms with Crippen LogP contribution < -0.4 is 0 Å². The van der Waals surface area contributed by atoms with Crippen LogP contribution in [0.1, 0.15) is 22.3 Å². The van der Waals surface area contributed by atoms with Gasteiger partial charge in [-0.2, -0.15) is 5.26 Å². The zero-order valence-corrected chi connectivity index (χ0v) is 12.9. The SMILES string of the molecule is N#Cc1cccc(CS(=O)(=O)Cc2ccc(CCl)cc2)c1. The van der Waals surface area contributed by atoms with E-state index in [1.54, 1.807) is 36.4 Å². The van der Waals surface area contributed by atoms with Crippen LogP contribution in [0.3, 0.4) is 0 Å². The molecular formula is C16H14ClNO2S. The minimum Gasteiger partial charge on any atom is -0.228 e. The van der Waals surface area contributed by atoms with E-state index in [9.17, 15) is 8.42 Å². The van der Waals surface area contributed by atoms with Crippen molar-refractivity contribution in [3.63, 3.8) is 0 Å². The molecule has 21 heavy (non-hydrogen) atoms. The Balaban J connectivity index is 2.12. The molecule has 2 aromatic rings. The lowest BCUT2D eigenvalue weighted by atomic mass is 10.2. The average molecular weight is 320 g/mol. The van der Waals surface area contributed by atoms with Crippen molar-refractivity contribution in [3.8, 4) is 6.07 Å². The fourth-order valence-corrected chi connectivity index (χ4v) is 3.68. The Bertz CT molecular complexity index is 762. The Morgan fingerprint density at radius 3 is 2.19 bits per heavy atom. The van der Waals surface area contributed by atoms with Gasteiger partial charge in [0.1, 0.15) is 0 Å². The fraction of sp³-hybridized carbons (Fsp3) is 0.188. The monoisotopic (exact) mass is 319 g/mol. The zero-order chi connectivity index (χ0) is 15.3. The maximum atomic E-state index is 12.2. The summed E-state index contributed by atoms with van der Waals surface area (Å²) >= 11 is 5.70. The number of nitriles is 1. The van der Waals surface area contributed by atoms with Gasteiger partial charge in [0.25, 0.3) is 0 Å². The van der Waals surface area contributed by atoms with E-state index in [1.807, 2.05) is 18.2 Å². The van der Waals surface area contributed by atoms with E-state index < -0.39 is 9.84 Å². The van der Waals surface area contributed by atoms with Crippen molar-refractivity contribution in [2.45, 2.75) is 17.4 Å². The molecule has 0 saturated carbocycles. The molecule has 0 heterocycles. The molecule has 0 N–H and O–H groups in total. The molecule has 0 aromatic heterocycles. The van der Waals surface area contributed by atoms with Gasteiger partial charge in [-0.05, 0) is 28.8 Å². The van der Waals surface area contributed by atoms with Crippen molar-refractivity contribution in [3.05, 3.63) is 70.8 Å². The van der Waals surface area contributed by atoms with E-state index >= 15 is 0 Å². The zero-order valence-electron chi connectivity index (χ0n) is 11.3. The molecule has 0 bridgehead atoms. The topological polar surface area (TPSA) is 57.9 Å². The van der Waals surface area contributed by atoms with Crippen LogP contribution in [0, 0.1) is 11.3 Å². The van der Waals surface area contributed by atoms with Crippen LogP contribution >= 0.6 is 11.6 Å². The number of hydrogen-bond donors (Lipinski definition) is 0. The summed E-state index contributed by atoms with van der Waals surface area (Å²) < 4.78 is 24.4. The predicted molar refractivity (Wildman–Crippen MR) is 83.5 cm³/mol. The highest BCUT2D eigenvalue weighted by Gasteiger charge is 2.13. The molecule has 3 nitrogen and oxygen atoms in total. The van der Waals surface area contributed by atoms with E-state index in [-0.39, 0.29) is 11.5 Å². The Kier molecular flexibility index (Phi) is 5.00. The largest absolute Gasteiger partial charge is 0.228 e. The molecule has 5 heteroatoms. The average Bonchev–Trinajstić information content (AvgIpc) is 2.47. The second-order valence-electron chi connectivity index (χ2n) is 4.79. The number of halogens is 1. The van der Waals surface area contributed by atoms with Gasteiger partial charge in [0.2, 0.25) is 0 Å². The summed E-state index contributed by atoms with van der Waals surface area (Å²) in [7, 11) is -3.27. The first-order valence-corrected chi connectivity index (χ1v) is 8.71. The molecule has 0 aliphatic rings. The first-order chi connectivity index (χ1) is 10.0. The summed E-state index contributed by atoms with van der Waals surface area (Å²) in [4.78, 5) is 0. The fourth-order valence-electron chi connectivity index (χ4n) is 2.01. The van der Waals surface area contributed by atoms with Gasteiger partial charge in [-0.15, -0.1) is 11.6 Å². The van der Waals surface area contributed by atoms with Gasteiger partial charge in [0.05, 0.1) is 23.1 Å². The Labute approximate surface area is 129 Å². The summed E-state index contributed by atoms with van der Waals surface area (Å²) in [6.07, 6.45) is 0. The van der Waals surface area contributed by atoms with E-state index in [0.29, 0.717) is 17.0 Å². The summed E-state index contributed by atoms with van der Waals surface area (Å²) in [5.74, 6) is 0.320. The number of sulfone groups is 1. The molecule has 0 saturated heterocycles. The minimum absolute atomic E-state index is 0.0215. The maximum absolute atomic E-state index is 12.2. The van der Waals surface area contributed by atoms with Crippen LogP contribution in [0.4, 0.5) is 0 Å². The van der Waals surface area contributed by atoms with Crippen molar-refractivity contribution in [2.75, 3.05) is 0 Å². The molecule has 108 valence electrons. The van der Waals surface area contributed by atoms with Gasteiger partial charge in [0.15, 0.2) is 9.84 Å². The van der Waals surface area contributed by atoms with Crippen LogP contribution in [-0.2, 0) is 27.2 Å². The smallest absolute Gasteiger partial charge is 0.158 e. The van der Waals surface area contributed by atoms with E-state index in [4.69, 9.17) is 16.9 Å². The third kappa shape index (κ3) is 4.59. The molecule has 0 radical (unpaired) electrons. The lowest BCUT2D eigenvalue weighted by Crippen LogP contribution is -2.07. The Morgan fingerprint density at radius 1 is 0.952 bits per heavy atom. The van der Waals surface area contributed by atoms with Gasteiger partial charge in [-0.25, -0.2) is 8.42 Å². The van der Waals surface area contributed by atoms with Crippen molar-refractivity contribution in [1.82, 2.24) is 0 Å². The van der Waals surface area contributed by atoms with Crippen LogP contribution in [0.2, 0.25) is 0 Å². The number of benzene rings is 2. The Morgan fingerprint density at radius 2 is 1.57 bits per heavy atom. The van der Waals surface area contributed by atoms with E-state index in [0.717, 1.165) is 11.1 Å². The van der Waals surface area contributed by atoms with Crippen LogP contribution in [0.5, 0.6) is 0 Å². The highest BCUT2D eigenvalue weighted by atomic mass is 35.5. The molecule has 2 rings (SSSR count). The highest BCUT2D eigenvalue weighted by molar-refractivity contribution is 7.89. The van der Waals surface area contributed by atoms with Crippen molar-refractivity contribution in [1.29, 1.82) is 5.26 Å². The lowest BCUT2D eigenvalue weighted by molar-refractivity contribution is 0.594. The molecule has 0 fully saturated rings. The number of alkyl halides is 1. The van der Waals surface area contributed by atoms with Gasteiger partial charge in [-0.3, -0.25) is 0 Å². The molecule has 0 atom stereocenters. The van der Waals surface area contributed by atoms with Gasteiger partial charge in [0, 0.05) is 5.88 Å². The highest BCUT2D eigenvalue weighted by Crippen LogP contribution is 2.15. The molecule has 0 aliphatic heterocycles. The third-order valence-corrected chi connectivity index (χ3v) is 4.86. The molecule has 2 aromatic carbocycles. The normalized spacial score (nSPS) is 11.0. The van der Waals surface area contributed by atoms with Crippen molar-refractivity contribution >= 4 is 21.4 Å². The standard InChI is InChI=1S/C16H14ClNO2S/c17-9-13-4-6-14(7-5-13)11-21(19,20)12-16-3-1-2-15(8-16)10-18/h1-8H,9,11-12H2. The second kappa shape index (κ2) is 6.75. The Hall–Kier alpha value is -1.83. The first kappa shape index (κ1) is 15.6. The molecule has 0 amide bonds. The number of nitrogens with zero attached hydrogens (tertiary/aromatic N) is 1. The van der Waals surface area contributed by atoms with Crippen molar-refractivity contribution in [2.24, 2.45) is 0 Å². The summed E-state index contributed by atoms with van der Waals surface area (Å²) in [5.41, 5.74) is 2.79. The molecule has 0 spiro atoms. The number of hydrogen-bond acceptors (Lipinski definition) is 3. The summed E-state index contributed by atoms with van der Waals surface area (Å²) in [6, 6.07) is 15.9. The summed E-state index contributed by atoms with van der Waals surface area (Å²) in [5, 5.41) is 8.83. The lowest BCUT2D eigenvalue weighted by Gasteiger charge is -2.06. The third-order valence-electron chi connectivity index (χ3n) is 3.01. The second-order valence-corrected chi connectivity index (χ2v) is 7.13. The van der Waals surface area contributed by atoms with Crippen molar-refractivity contribution < 1.29 is 8.42 Å². The molecule has 0 aliphatic carbocycles. The van der Waals surface area contributed by atoms with Crippen LogP contribution in [0.25, 0.3) is 0 Å². The molecule has 0 unspecified atom stereocenters. The van der Waals surface area contributed by atoms with E-state index in [2.05, 4.69) is 0 Å². The van der Waals surface area contributed by atoms with Gasteiger partial charge < -0.3 is 0 Å².